The van der Waals surface area contributed by atoms with Gasteiger partial charge >= 0.3 is 0 Å². The van der Waals surface area contributed by atoms with Gasteiger partial charge in [0, 0.05) is 37.9 Å². The topological polar surface area (TPSA) is 62.4 Å². The second kappa shape index (κ2) is 15.1. The van der Waals surface area contributed by atoms with Crippen LogP contribution in [0.1, 0.15) is 11.1 Å². The Morgan fingerprint density at radius 3 is 0.910 bits per heavy atom. The Hall–Kier alpha value is -9.42. The van der Waals surface area contributed by atoms with Gasteiger partial charge in [0.05, 0.1) is 61.3 Å². The normalized spacial score (nSPS) is 11.6. The fourth-order valence-electron chi connectivity index (χ4n) is 10.7. The summed E-state index contributed by atoms with van der Waals surface area (Å²) in [6.45, 7) is 0. The molecule has 0 unspecified atom stereocenters. The Morgan fingerprint density at radius 2 is 0.552 bits per heavy atom. The first-order valence-electron chi connectivity index (χ1n) is 22.5. The van der Waals surface area contributed by atoms with Gasteiger partial charge in [0.2, 0.25) is 0 Å². The molecule has 13 aromatic rings. The number of para-hydroxylation sites is 4. The van der Waals surface area contributed by atoms with E-state index in [1.165, 1.54) is 0 Å². The molecule has 0 N–H and O–H groups in total. The predicted octanol–water partition coefficient (Wildman–Crippen LogP) is 15.7. The van der Waals surface area contributed by atoms with Crippen molar-refractivity contribution in [3.63, 3.8) is 0 Å². The summed E-state index contributed by atoms with van der Waals surface area (Å²) in [5, 5.41) is 30.3. The fraction of sp³-hybridized carbons (Fsp3) is 0. The fourth-order valence-corrected chi connectivity index (χ4v) is 10.7. The van der Waals surface area contributed by atoms with Crippen molar-refractivity contribution in [1.82, 2.24) is 13.7 Å². The highest BCUT2D eigenvalue weighted by atomic mass is 15.1. The van der Waals surface area contributed by atoms with Gasteiger partial charge in [-0.25, -0.2) is 0 Å². The van der Waals surface area contributed by atoms with Crippen LogP contribution in [0.4, 0.5) is 0 Å². The molecule has 67 heavy (non-hydrogen) atoms. The number of nitriles is 2. The summed E-state index contributed by atoms with van der Waals surface area (Å²) >= 11 is 0. The summed E-state index contributed by atoms with van der Waals surface area (Å²) in [6, 6.07) is 83.7. The second-order valence-corrected chi connectivity index (χ2v) is 17.0. The number of benzene rings is 10. The van der Waals surface area contributed by atoms with E-state index in [0.29, 0.717) is 28.1 Å². The molecular weight excluding hydrogens is 815 g/mol. The van der Waals surface area contributed by atoms with Crippen LogP contribution in [-0.2, 0) is 0 Å². The molecule has 0 amide bonds. The number of fused-ring (bicyclic) bond motifs is 9. The van der Waals surface area contributed by atoms with Crippen LogP contribution in [0.2, 0.25) is 0 Å². The van der Waals surface area contributed by atoms with Crippen LogP contribution in [0, 0.1) is 22.7 Å². The van der Waals surface area contributed by atoms with E-state index >= 15 is 0 Å². The Bertz CT molecular complexity index is 3860. The zero-order valence-corrected chi connectivity index (χ0v) is 36.1. The molecule has 0 atom stereocenters. The maximum absolute atomic E-state index is 12.0. The third kappa shape index (κ3) is 5.66. The zero-order valence-electron chi connectivity index (χ0n) is 36.1. The molecule has 0 fully saturated rings. The van der Waals surface area contributed by atoms with E-state index in [9.17, 15) is 10.5 Å². The maximum atomic E-state index is 12.0. The van der Waals surface area contributed by atoms with Crippen molar-refractivity contribution in [2.75, 3.05) is 0 Å². The Labute approximate surface area is 386 Å². The van der Waals surface area contributed by atoms with Crippen molar-refractivity contribution >= 4 is 65.4 Å². The molecule has 13 rings (SSSR count). The average Bonchev–Trinajstić information content (AvgIpc) is 4.03. The van der Waals surface area contributed by atoms with Crippen molar-refractivity contribution in [2.45, 2.75) is 0 Å². The number of aromatic nitrogens is 3. The van der Waals surface area contributed by atoms with Crippen LogP contribution in [-0.4, -0.2) is 13.7 Å². The molecule has 0 saturated carbocycles. The van der Waals surface area contributed by atoms with Crippen molar-refractivity contribution in [3.05, 3.63) is 236 Å². The highest BCUT2D eigenvalue weighted by Crippen LogP contribution is 2.49. The molecule has 0 radical (unpaired) electrons. The Balaban J connectivity index is 1.32. The van der Waals surface area contributed by atoms with Crippen LogP contribution in [0.15, 0.2) is 224 Å². The molecule has 10 aromatic carbocycles. The number of rotatable bonds is 6. The first kappa shape index (κ1) is 38.1. The van der Waals surface area contributed by atoms with Gasteiger partial charge in [0.25, 0.3) is 0 Å². The van der Waals surface area contributed by atoms with Gasteiger partial charge in [-0.1, -0.05) is 176 Å². The summed E-state index contributed by atoms with van der Waals surface area (Å²) in [5.74, 6) is 0. The van der Waals surface area contributed by atoms with Crippen molar-refractivity contribution in [2.24, 2.45) is 0 Å². The van der Waals surface area contributed by atoms with Crippen molar-refractivity contribution < 1.29 is 0 Å². The molecule has 5 heteroatoms. The van der Waals surface area contributed by atoms with E-state index in [0.717, 1.165) is 98.9 Å². The molecular formula is C62H37N5. The van der Waals surface area contributed by atoms with Crippen LogP contribution in [0.5, 0.6) is 0 Å². The molecule has 5 nitrogen and oxygen atoms in total. The molecule has 310 valence electrons. The summed E-state index contributed by atoms with van der Waals surface area (Å²) < 4.78 is 6.89. The summed E-state index contributed by atoms with van der Waals surface area (Å²) in [5.41, 5.74) is 14.4. The van der Waals surface area contributed by atoms with Crippen molar-refractivity contribution in [3.8, 4) is 62.6 Å². The van der Waals surface area contributed by atoms with Gasteiger partial charge in [-0.05, 0) is 76.3 Å². The van der Waals surface area contributed by atoms with Crippen LogP contribution < -0.4 is 0 Å². The van der Waals surface area contributed by atoms with Crippen molar-refractivity contribution in [1.29, 1.82) is 10.5 Å². The number of nitrogens with zero attached hydrogens (tertiary/aromatic N) is 5. The van der Waals surface area contributed by atoms with E-state index in [1.54, 1.807) is 0 Å². The van der Waals surface area contributed by atoms with Gasteiger partial charge in [0.1, 0.15) is 12.1 Å². The Morgan fingerprint density at radius 1 is 0.254 bits per heavy atom. The largest absolute Gasteiger partial charge is 0.306 e. The molecule has 0 aliphatic carbocycles. The standard InChI is InChI=1S/C62H37N5/c63-38-51-59(42-22-8-3-9-23-42)52(39-64)61(66-55-30-16-12-26-47(55)48-27-13-17-31-56(48)66)62(60(51)65-53-28-14-10-24-45(53)46-25-11-15-29-54(46)65)67-57-34-32-43(40-18-4-1-5-19-40)36-49(57)50-37-44(33-35-58(50)67)41-20-6-2-7-21-41/h1-37H. The molecule has 0 bridgehead atoms. The van der Waals surface area contributed by atoms with Gasteiger partial charge < -0.3 is 13.7 Å². The first-order chi connectivity index (χ1) is 33.2. The number of hydrogen-bond donors (Lipinski definition) is 0. The molecule has 3 heterocycles. The predicted molar refractivity (Wildman–Crippen MR) is 275 cm³/mol. The quantitative estimate of drug-likeness (QED) is 0.167. The third-order valence-electron chi connectivity index (χ3n) is 13.5. The van der Waals surface area contributed by atoms with E-state index < -0.39 is 0 Å². The van der Waals surface area contributed by atoms with Gasteiger partial charge in [-0.3, -0.25) is 0 Å². The van der Waals surface area contributed by atoms with Gasteiger partial charge in [-0.2, -0.15) is 10.5 Å². The SMILES string of the molecule is N#Cc1c(-c2ccccc2)c(C#N)c(-n2c3ccccc3c3ccccc32)c(-n2c3ccc(-c4ccccc4)cc3c3cc(-c4ccccc4)ccc32)c1-n1c2ccccc2c2ccccc21. The lowest BCUT2D eigenvalue weighted by Gasteiger charge is -2.26. The highest BCUT2D eigenvalue weighted by molar-refractivity contribution is 6.16. The summed E-state index contributed by atoms with van der Waals surface area (Å²) in [7, 11) is 0. The maximum Gasteiger partial charge on any atom is 0.102 e. The van der Waals surface area contributed by atoms with Crippen LogP contribution in [0.3, 0.4) is 0 Å². The minimum atomic E-state index is 0.408. The molecule has 0 spiro atoms. The molecule has 3 aromatic heterocycles. The van der Waals surface area contributed by atoms with E-state index in [2.05, 4.69) is 208 Å². The molecule has 0 aliphatic heterocycles. The summed E-state index contributed by atoms with van der Waals surface area (Å²) in [4.78, 5) is 0. The lowest BCUT2D eigenvalue weighted by atomic mass is 9.90. The lowest BCUT2D eigenvalue weighted by molar-refractivity contribution is 1.04. The minimum absolute atomic E-state index is 0.408. The van der Waals surface area contributed by atoms with E-state index in [1.807, 2.05) is 42.5 Å². The second-order valence-electron chi connectivity index (χ2n) is 17.0. The lowest BCUT2D eigenvalue weighted by Crippen LogP contribution is -2.14. The van der Waals surface area contributed by atoms with Crippen LogP contribution >= 0.6 is 0 Å². The first-order valence-corrected chi connectivity index (χ1v) is 22.5. The van der Waals surface area contributed by atoms with E-state index in [-0.39, 0.29) is 0 Å². The van der Waals surface area contributed by atoms with Crippen LogP contribution in [0.25, 0.3) is 116 Å². The van der Waals surface area contributed by atoms with E-state index in [4.69, 9.17) is 0 Å². The Kier molecular flexibility index (Phi) is 8.58. The molecule has 0 saturated heterocycles. The smallest absolute Gasteiger partial charge is 0.102 e. The van der Waals surface area contributed by atoms with Gasteiger partial charge in [0.15, 0.2) is 0 Å². The third-order valence-corrected chi connectivity index (χ3v) is 13.5. The summed E-state index contributed by atoms with van der Waals surface area (Å²) in [6.07, 6.45) is 0. The average molecular weight is 852 g/mol. The monoisotopic (exact) mass is 851 g/mol. The minimum Gasteiger partial charge on any atom is -0.306 e. The number of hydrogen-bond acceptors (Lipinski definition) is 2. The highest BCUT2D eigenvalue weighted by Gasteiger charge is 2.33. The van der Waals surface area contributed by atoms with Gasteiger partial charge in [-0.15, -0.1) is 0 Å². The molecule has 0 aliphatic rings. The zero-order chi connectivity index (χ0) is 44.6.